The quantitative estimate of drug-likeness (QED) is 0.584. The summed E-state index contributed by atoms with van der Waals surface area (Å²) in [6.45, 7) is 0. The molecule has 0 N–H and O–H groups in total. The number of aromatic carboxylic acids is 1. The highest BCUT2D eigenvalue weighted by atomic mass is 32.1. The molecule has 1 aromatic rings. The number of amides is 1. The lowest BCUT2D eigenvalue weighted by Crippen LogP contribution is -2.28. The van der Waals surface area contributed by atoms with Crippen LogP contribution in [0.3, 0.4) is 0 Å². The molecule has 0 spiro atoms. The lowest BCUT2D eigenvalue weighted by atomic mass is 10.2. The molecule has 1 aliphatic rings. The Morgan fingerprint density at radius 3 is 2.65 bits per heavy atom. The average molecular weight is 291 g/mol. The summed E-state index contributed by atoms with van der Waals surface area (Å²) in [6, 6.07) is 5.82. The van der Waals surface area contributed by atoms with E-state index in [-0.39, 0.29) is 11.5 Å². The van der Waals surface area contributed by atoms with Crippen molar-refractivity contribution in [1.29, 1.82) is 0 Å². The highest BCUT2D eigenvalue weighted by Crippen LogP contribution is 2.19. The van der Waals surface area contributed by atoms with Gasteiger partial charge in [-0.25, -0.2) is 0 Å². The molecule has 8 heteroatoms. The number of rotatable bonds is 3. The van der Waals surface area contributed by atoms with Gasteiger partial charge in [-0.1, -0.05) is 12.1 Å². The number of hydrogen-bond acceptors (Lipinski definition) is 6. The zero-order chi connectivity index (χ0) is 14.9. The number of nitrogens with zero attached hydrogens (tertiary/aromatic N) is 4. The van der Waals surface area contributed by atoms with Crippen LogP contribution in [-0.4, -0.2) is 47.0 Å². The Balaban J connectivity index is 2.22. The van der Waals surface area contributed by atoms with Crippen LogP contribution in [0.1, 0.15) is 10.4 Å². The molecular formula is C12H11N4O3S-. The van der Waals surface area contributed by atoms with Crippen molar-refractivity contribution in [2.24, 2.45) is 10.2 Å². The van der Waals surface area contributed by atoms with Crippen LogP contribution >= 0.6 is 12.2 Å². The minimum Gasteiger partial charge on any atom is -0.545 e. The molecule has 1 aliphatic heterocycles. The van der Waals surface area contributed by atoms with Gasteiger partial charge in [-0.2, -0.15) is 10.2 Å². The van der Waals surface area contributed by atoms with E-state index < -0.39 is 12.1 Å². The number of thiocarbonyl (C=S) groups is 1. The van der Waals surface area contributed by atoms with Gasteiger partial charge < -0.3 is 14.8 Å². The van der Waals surface area contributed by atoms with Crippen LogP contribution < -0.4 is 5.11 Å². The molecule has 1 heterocycles. The third-order valence-electron chi connectivity index (χ3n) is 2.87. The maximum absolute atomic E-state index is 11.9. The SMILES string of the molecule is CN1C(=O)[C@@H](N=Nc2cccc(C(=O)[O-])c2)N(C)C1=S. The molecule has 0 saturated carbocycles. The third-order valence-corrected chi connectivity index (χ3v) is 3.43. The summed E-state index contributed by atoms with van der Waals surface area (Å²) in [5.41, 5.74) is 0.327. The number of likely N-dealkylation sites (N-methyl/N-ethyl adjacent to an activating group) is 2. The molecule has 0 aliphatic carbocycles. The summed E-state index contributed by atoms with van der Waals surface area (Å²) in [4.78, 5) is 25.4. The van der Waals surface area contributed by atoms with Crippen molar-refractivity contribution in [3.63, 3.8) is 0 Å². The van der Waals surface area contributed by atoms with Crippen molar-refractivity contribution in [3.05, 3.63) is 29.8 Å². The maximum Gasteiger partial charge on any atom is 0.275 e. The monoisotopic (exact) mass is 291 g/mol. The topological polar surface area (TPSA) is 88.4 Å². The van der Waals surface area contributed by atoms with Crippen LogP contribution in [0.2, 0.25) is 0 Å². The van der Waals surface area contributed by atoms with Gasteiger partial charge in [0, 0.05) is 14.1 Å². The highest BCUT2D eigenvalue weighted by molar-refractivity contribution is 7.80. The number of azo groups is 1. The summed E-state index contributed by atoms with van der Waals surface area (Å²) in [5, 5.41) is 18.9. The highest BCUT2D eigenvalue weighted by Gasteiger charge is 2.38. The Morgan fingerprint density at radius 2 is 2.10 bits per heavy atom. The van der Waals surface area contributed by atoms with E-state index in [0.29, 0.717) is 10.8 Å². The Morgan fingerprint density at radius 1 is 1.40 bits per heavy atom. The zero-order valence-corrected chi connectivity index (χ0v) is 11.6. The summed E-state index contributed by atoms with van der Waals surface area (Å²) in [7, 11) is 3.21. The Bertz CT molecular complexity index is 616. The smallest absolute Gasteiger partial charge is 0.275 e. The number of hydrogen-bond donors (Lipinski definition) is 0. The van der Waals surface area contributed by atoms with E-state index in [1.54, 1.807) is 20.2 Å². The summed E-state index contributed by atoms with van der Waals surface area (Å²) >= 11 is 5.05. The summed E-state index contributed by atoms with van der Waals surface area (Å²) in [5.74, 6) is -1.57. The second-order valence-electron chi connectivity index (χ2n) is 4.22. The molecule has 1 amide bonds. The van der Waals surface area contributed by atoms with Crippen LogP contribution in [0.15, 0.2) is 34.5 Å². The molecule has 1 fully saturated rings. The molecule has 0 bridgehead atoms. The number of benzene rings is 1. The maximum atomic E-state index is 11.9. The molecular weight excluding hydrogens is 280 g/mol. The van der Waals surface area contributed by atoms with Gasteiger partial charge in [0.15, 0.2) is 5.11 Å². The van der Waals surface area contributed by atoms with Crippen LogP contribution in [0.25, 0.3) is 0 Å². The molecule has 1 aromatic carbocycles. The summed E-state index contributed by atoms with van der Waals surface area (Å²) in [6.07, 6.45) is -0.820. The van der Waals surface area contributed by atoms with E-state index in [1.807, 2.05) is 0 Å². The van der Waals surface area contributed by atoms with Crippen molar-refractivity contribution >= 4 is 34.9 Å². The molecule has 1 saturated heterocycles. The molecule has 20 heavy (non-hydrogen) atoms. The molecule has 1 atom stereocenters. The minimum absolute atomic E-state index is 0.000178. The molecule has 0 unspecified atom stereocenters. The lowest BCUT2D eigenvalue weighted by Gasteiger charge is -2.13. The Labute approximate surface area is 120 Å². The fourth-order valence-corrected chi connectivity index (χ4v) is 1.91. The first-order valence-corrected chi connectivity index (χ1v) is 6.09. The number of carbonyl (C=O) groups excluding carboxylic acids is 2. The third kappa shape index (κ3) is 2.50. The number of carboxylic acid groups (broad SMARTS) is 1. The molecule has 7 nitrogen and oxygen atoms in total. The van der Waals surface area contributed by atoms with Gasteiger partial charge in [0.1, 0.15) is 0 Å². The number of carboxylic acids is 1. The predicted molar refractivity (Wildman–Crippen MR) is 72.2 cm³/mol. The molecule has 2 rings (SSSR count). The normalized spacial score (nSPS) is 19.2. The van der Waals surface area contributed by atoms with Crippen molar-refractivity contribution in [1.82, 2.24) is 9.80 Å². The van der Waals surface area contributed by atoms with Crippen LogP contribution in [0.4, 0.5) is 5.69 Å². The molecule has 104 valence electrons. The largest absolute Gasteiger partial charge is 0.545 e. The van der Waals surface area contributed by atoms with Gasteiger partial charge in [-0.3, -0.25) is 9.69 Å². The van der Waals surface area contributed by atoms with Gasteiger partial charge in [0.05, 0.1) is 11.7 Å². The van der Waals surface area contributed by atoms with Gasteiger partial charge in [-0.05, 0) is 29.9 Å². The van der Waals surface area contributed by atoms with Crippen LogP contribution in [0.5, 0.6) is 0 Å². The minimum atomic E-state index is -1.29. The Kier molecular flexibility index (Phi) is 3.75. The van der Waals surface area contributed by atoms with E-state index >= 15 is 0 Å². The van der Waals surface area contributed by atoms with E-state index in [0.717, 1.165) is 0 Å². The van der Waals surface area contributed by atoms with Crippen molar-refractivity contribution in [2.75, 3.05) is 14.1 Å². The lowest BCUT2D eigenvalue weighted by molar-refractivity contribution is -0.255. The second kappa shape index (κ2) is 5.33. The first-order valence-electron chi connectivity index (χ1n) is 5.68. The van der Waals surface area contributed by atoms with Crippen molar-refractivity contribution in [3.8, 4) is 0 Å². The second-order valence-corrected chi connectivity index (χ2v) is 4.58. The van der Waals surface area contributed by atoms with Crippen LogP contribution in [-0.2, 0) is 4.79 Å². The first-order chi connectivity index (χ1) is 9.41. The molecule has 0 radical (unpaired) electrons. The summed E-state index contributed by atoms with van der Waals surface area (Å²) < 4.78 is 0. The van der Waals surface area contributed by atoms with Crippen LogP contribution in [0, 0.1) is 0 Å². The average Bonchev–Trinajstić information content (AvgIpc) is 2.62. The standard InChI is InChI=1S/C12H12N4O3S/c1-15-9(10(17)16(2)12(15)20)14-13-8-5-3-4-7(6-8)11(18)19/h3-6,9H,1-2H3,(H,18,19)/p-1/t9-/m0/s1. The van der Waals surface area contributed by atoms with Gasteiger partial charge in [0.25, 0.3) is 5.91 Å². The first kappa shape index (κ1) is 14.1. The van der Waals surface area contributed by atoms with Gasteiger partial charge in [-0.15, -0.1) is 0 Å². The Hall–Kier alpha value is -2.35. The predicted octanol–water partition coefficient (Wildman–Crippen LogP) is 0.149. The van der Waals surface area contributed by atoms with Gasteiger partial charge in [0.2, 0.25) is 6.17 Å². The van der Waals surface area contributed by atoms with Crippen molar-refractivity contribution < 1.29 is 14.7 Å². The fraction of sp³-hybridized carbons (Fsp3) is 0.250. The fourth-order valence-electron chi connectivity index (χ4n) is 1.72. The van der Waals surface area contributed by atoms with E-state index in [1.165, 1.54) is 28.0 Å². The van der Waals surface area contributed by atoms with E-state index in [2.05, 4.69) is 10.2 Å². The van der Waals surface area contributed by atoms with E-state index in [4.69, 9.17) is 12.2 Å². The number of carbonyl (C=O) groups is 2. The van der Waals surface area contributed by atoms with Gasteiger partial charge >= 0.3 is 0 Å². The van der Waals surface area contributed by atoms with Crippen molar-refractivity contribution in [2.45, 2.75) is 6.17 Å². The molecule has 0 aromatic heterocycles. The zero-order valence-electron chi connectivity index (χ0n) is 10.8. The van der Waals surface area contributed by atoms with E-state index in [9.17, 15) is 14.7 Å².